The molecule has 94 valence electrons. The standard InChI is InChI=1S/C13H9F3OS/c1-8-6-18-7-12(8)10-2-9(5-17)3-11(4-10)13(14,15)16/h2-7H,1H3. The SMILES string of the molecule is Cc1cscc1-c1cc(C=O)cc(C(F)(F)F)c1. The first-order chi connectivity index (χ1) is 8.41. The smallest absolute Gasteiger partial charge is 0.298 e. The van der Waals surface area contributed by atoms with Crippen LogP contribution in [0.5, 0.6) is 0 Å². The normalized spacial score (nSPS) is 11.6. The summed E-state index contributed by atoms with van der Waals surface area (Å²) in [4.78, 5) is 10.7. The second-order valence-corrected chi connectivity index (χ2v) is 4.67. The van der Waals surface area contributed by atoms with E-state index >= 15 is 0 Å². The average molecular weight is 270 g/mol. The Bertz CT molecular complexity index is 584. The maximum atomic E-state index is 12.7. The van der Waals surface area contributed by atoms with Gasteiger partial charge in [-0.25, -0.2) is 0 Å². The minimum atomic E-state index is -4.45. The van der Waals surface area contributed by atoms with Crippen molar-refractivity contribution in [3.05, 3.63) is 45.6 Å². The predicted molar refractivity (Wildman–Crippen MR) is 64.9 cm³/mol. The van der Waals surface area contributed by atoms with Gasteiger partial charge in [0.1, 0.15) is 6.29 Å². The molecule has 0 bridgehead atoms. The van der Waals surface area contributed by atoms with Gasteiger partial charge in [-0.05, 0) is 52.6 Å². The molecule has 0 aliphatic heterocycles. The minimum Gasteiger partial charge on any atom is -0.298 e. The summed E-state index contributed by atoms with van der Waals surface area (Å²) in [6, 6.07) is 3.40. The molecule has 0 aliphatic carbocycles. The van der Waals surface area contributed by atoms with Gasteiger partial charge < -0.3 is 0 Å². The molecule has 1 aromatic heterocycles. The summed E-state index contributed by atoms with van der Waals surface area (Å²) in [6.45, 7) is 1.83. The first-order valence-corrected chi connectivity index (χ1v) is 6.06. The van der Waals surface area contributed by atoms with Crippen molar-refractivity contribution in [1.82, 2.24) is 0 Å². The lowest BCUT2D eigenvalue weighted by Gasteiger charge is -2.10. The van der Waals surface area contributed by atoms with Crippen molar-refractivity contribution >= 4 is 17.6 Å². The zero-order valence-corrected chi connectivity index (χ0v) is 10.2. The first kappa shape index (κ1) is 12.8. The summed E-state index contributed by atoms with van der Waals surface area (Å²) in [5, 5.41) is 3.63. The molecule has 2 rings (SSSR count). The largest absolute Gasteiger partial charge is 0.416 e. The van der Waals surface area contributed by atoms with E-state index in [1.165, 1.54) is 17.4 Å². The number of alkyl halides is 3. The van der Waals surface area contributed by atoms with Crippen LogP contribution in [0.25, 0.3) is 11.1 Å². The van der Waals surface area contributed by atoms with E-state index in [2.05, 4.69) is 0 Å². The summed E-state index contributed by atoms with van der Waals surface area (Å²) in [5.74, 6) is 0. The maximum Gasteiger partial charge on any atom is 0.416 e. The fraction of sp³-hybridized carbons (Fsp3) is 0.154. The van der Waals surface area contributed by atoms with Crippen molar-refractivity contribution in [2.45, 2.75) is 13.1 Å². The van der Waals surface area contributed by atoms with Gasteiger partial charge in [0, 0.05) is 5.56 Å². The number of aldehydes is 1. The molecule has 0 saturated heterocycles. The number of carbonyl (C=O) groups excluding carboxylic acids is 1. The molecule has 0 spiro atoms. The van der Waals surface area contributed by atoms with Crippen molar-refractivity contribution in [3.63, 3.8) is 0 Å². The first-order valence-electron chi connectivity index (χ1n) is 5.12. The lowest BCUT2D eigenvalue weighted by molar-refractivity contribution is -0.137. The van der Waals surface area contributed by atoms with Gasteiger partial charge in [0.2, 0.25) is 0 Å². The van der Waals surface area contributed by atoms with Crippen LogP contribution in [0.3, 0.4) is 0 Å². The molecule has 0 amide bonds. The molecule has 0 atom stereocenters. The molecule has 0 radical (unpaired) electrons. The highest BCUT2D eigenvalue weighted by molar-refractivity contribution is 7.08. The number of hydrogen-bond donors (Lipinski definition) is 0. The third kappa shape index (κ3) is 2.46. The number of benzene rings is 1. The lowest BCUT2D eigenvalue weighted by Crippen LogP contribution is -2.06. The Morgan fingerprint density at radius 2 is 1.89 bits per heavy atom. The van der Waals surface area contributed by atoms with Gasteiger partial charge in [-0.15, -0.1) is 0 Å². The Morgan fingerprint density at radius 1 is 1.17 bits per heavy atom. The Morgan fingerprint density at radius 3 is 2.39 bits per heavy atom. The van der Waals surface area contributed by atoms with E-state index in [0.717, 1.165) is 23.3 Å². The number of aryl methyl sites for hydroxylation is 1. The van der Waals surface area contributed by atoms with Crippen LogP contribution in [0.2, 0.25) is 0 Å². The maximum absolute atomic E-state index is 12.7. The highest BCUT2D eigenvalue weighted by Crippen LogP contribution is 2.34. The summed E-state index contributed by atoms with van der Waals surface area (Å²) in [7, 11) is 0. The fourth-order valence-corrected chi connectivity index (χ4v) is 2.55. The third-order valence-corrected chi connectivity index (χ3v) is 3.45. The van der Waals surface area contributed by atoms with Crippen LogP contribution in [-0.4, -0.2) is 6.29 Å². The summed E-state index contributed by atoms with van der Waals surface area (Å²) in [5.41, 5.74) is 1.29. The number of thiophene rings is 1. The quantitative estimate of drug-likeness (QED) is 0.731. The molecule has 0 saturated carbocycles. The molecule has 2 aromatic rings. The van der Waals surface area contributed by atoms with Gasteiger partial charge in [0.15, 0.2) is 0 Å². The average Bonchev–Trinajstić information content (AvgIpc) is 2.73. The van der Waals surface area contributed by atoms with Crippen molar-refractivity contribution in [2.24, 2.45) is 0 Å². The molecule has 0 fully saturated rings. The number of carbonyl (C=O) groups is 1. The summed E-state index contributed by atoms with van der Waals surface area (Å²) < 4.78 is 38.1. The second kappa shape index (κ2) is 4.57. The molecule has 5 heteroatoms. The summed E-state index contributed by atoms with van der Waals surface area (Å²) >= 11 is 1.42. The van der Waals surface area contributed by atoms with E-state index in [-0.39, 0.29) is 5.56 Å². The molecule has 0 aliphatic rings. The van der Waals surface area contributed by atoms with Crippen LogP contribution in [0.4, 0.5) is 13.2 Å². The highest BCUT2D eigenvalue weighted by atomic mass is 32.1. The van der Waals surface area contributed by atoms with E-state index in [4.69, 9.17) is 0 Å². The van der Waals surface area contributed by atoms with Crippen LogP contribution >= 0.6 is 11.3 Å². The molecule has 1 heterocycles. The van der Waals surface area contributed by atoms with Crippen LogP contribution in [0.15, 0.2) is 29.0 Å². The minimum absolute atomic E-state index is 0.0328. The topological polar surface area (TPSA) is 17.1 Å². The van der Waals surface area contributed by atoms with Gasteiger partial charge in [0.25, 0.3) is 0 Å². The number of hydrogen-bond acceptors (Lipinski definition) is 2. The van der Waals surface area contributed by atoms with Crippen LogP contribution < -0.4 is 0 Å². The van der Waals surface area contributed by atoms with E-state index < -0.39 is 11.7 Å². The van der Waals surface area contributed by atoms with Gasteiger partial charge in [-0.3, -0.25) is 4.79 Å². The molecule has 1 nitrogen and oxygen atoms in total. The third-order valence-electron chi connectivity index (χ3n) is 2.59. The lowest BCUT2D eigenvalue weighted by atomic mass is 10.00. The Labute approximate surface area is 106 Å². The van der Waals surface area contributed by atoms with Gasteiger partial charge in [-0.2, -0.15) is 24.5 Å². The highest BCUT2D eigenvalue weighted by Gasteiger charge is 2.31. The van der Waals surface area contributed by atoms with Crippen molar-refractivity contribution < 1.29 is 18.0 Å². The second-order valence-electron chi connectivity index (χ2n) is 3.93. The molecular weight excluding hydrogens is 261 g/mol. The number of rotatable bonds is 2. The van der Waals surface area contributed by atoms with E-state index in [0.29, 0.717) is 11.8 Å². The van der Waals surface area contributed by atoms with E-state index in [9.17, 15) is 18.0 Å². The zero-order chi connectivity index (χ0) is 13.3. The zero-order valence-electron chi connectivity index (χ0n) is 9.41. The number of halogens is 3. The van der Waals surface area contributed by atoms with E-state index in [1.54, 1.807) is 5.38 Å². The van der Waals surface area contributed by atoms with Gasteiger partial charge in [-0.1, -0.05) is 0 Å². The monoisotopic (exact) mass is 270 g/mol. The van der Waals surface area contributed by atoms with Crippen molar-refractivity contribution in [1.29, 1.82) is 0 Å². The van der Waals surface area contributed by atoms with E-state index in [1.807, 2.05) is 12.3 Å². The molecule has 18 heavy (non-hydrogen) atoms. The predicted octanol–water partition coefficient (Wildman–Crippen LogP) is 4.55. The fourth-order valence-electron chi connectivity index (χ4n) is 1.70. The van der Waals surface area contributed by atoms with Crippen molar-refractivity contribution in [2.75, 3.05) is 0 Å². The molecule has 0 N–H and O–H groups in total. The molecule has 1 aromatic carbocycles. The van der Waals surface area contributed by atoms with Gasteiger partial charge >= 0.3 is 6.18 Å². The van der Waals surface area contributed by atoms with Crippen molar-refractivity contribution in [3.8, 4) is 11.1 Å². The Kier molecular flexibility index (Phi) is 3.26. The summed E-state index contributed by atoms with van der Waals surface area (Å²) in [6.07, 6.45) is -4.02. The van der Waals surface area contributed by atoms with Gasteiger partial charge in [0.05, 0.1) is 5.56 Å². The van der Waals surface area contributed by atoms with Crippen LogP contribution in [0.1, 0.15) is 21.5 Å². The molecule has 0 unspecified atom stereocenters. The Balaban J connectivity index is 2.62. The van der Waals surface area contributed by atoms with Crippen LogP contribution in [-0.2, 0) is 6.18 Å². The van der Waals surface area contributed by atoms with Crippen LogP contribution in [0, 0.1) is 6.92 Å². The molecular formula is C13H9F3OS. The Hall–Kier alpha value is -1.62.